The zero-order valence-electron chi connectivity index (χ0n) is 12.9. The van der Waals surface area contributed by atoms with Crippen LogP contribution in [0.5, 0.6) is 0 Å². The second-order valence-electron chi connectivity index (χ2n) is 5.86. The van der Waals surface area contributed by atoms with E-state index in [0.717, 1.165) is 30.4 Å². The third-order valence-electron chi connectivity index (χ3n) is 3.20. The number of hydrogen-bond acceptors (Lipinski definition) is 5. The molecule has 1 aromatic heterocycles. The SMILES string of the molecule is Cc1nc(N(C)CCCO)cc(N(C)C(C)(C)C)n1. The predicted molar refractivity (Wildman–Crippen MR) is 79.9 cm³/mol. The van der Waals surface area contributed by atoms with Crippen molar-refractivity contribution in [3.63, 3.8) is 0 Å². The second kappa shape index (κ2) is 6.19. The molecule has 0 unspecified atom stereocenters. The smallest absolute Gasteiger partial charge is 0.134 e. The lowest BCUT2D eigenvalue weighted by molar-refractivity contribution is 0.290. The van der Waals surface area contributed by atoms with E-state index in [-0.39, 0.29) is 12.1 Å². The fraction of sp³-hybridized carbons (Fsp3) is 0.714. The van der Waals surface area contributed by atoms with E-state index in [1.165, 1.54) is 0 Å². The van der Waals surface area contributed by atoms with Crippen molar-refractivity contribution in [2.75, 3.05) is 37.0 Å². The fourth-order valence-corrected chi connectivity index (χ4v) is 1.67. The van der Waals surface area contributed by atoms with Gasteiger partial charge < -0.3 is 14.9 Å². The maximum atomic E-state index is 8.90. The molecule has 0 aliphatic heterocycles. The summed E-state index contributed by atoms with van der Waals surface area (Å²) < 4.78 is 0. The summed E-state index contributed by atoms with van der Waals surface area (Å²) in [6.07, 6.45) is 0.740. The van der Waals surface area contributed by atoms with Crippen LogP contribution in [-0.2, 0) is 0 Å². The van der Waals surface area contributed by atoms with E-state index < -0.39 is 0 Å². The molecule has 19 heavy (non-hydrogen) atoms. The average molecular weight is 266 g/mol. The molecule has 5 heteroatoms. The number of rotatable bonds is 5. The molecule has 0 saturated heterocycles. The summed E-state index contributed by atoms with van der Waals surface area (Å²) in [5.41, 5.74) is 0.0156. The van der Waals surface area contributed by atoms with Crippen molar-refractivity contribution in [3.8, 4) is 0 Å². The lowest BCUT2D eigenvalue weighted by atomic mass is 10.1. The number of aliphatic hydroxyl groups is 1. The van der Waals surface area contributed by atoms with Gasteiger partial charge in [0, 0.05) is 38.9 Å². The van der Waals surface area contributed by atoms with Crippen LogP contribution in [-0.4, -0.2) is 47.9 Å². The molecule has 5 nitrogen and oxygen atoms in total. The van der Waals surface area contributed by atoms with Gasteiger partial charge in [0.2, 0.25) is 0 Å². The molecular formula is C14H26N4O. The quantitative estimate of drug-likeness (QED) is 0.881. The largest absolute Gasteiger partial charge is 0.396 e. The minimum absolute atomic E-state index is 0.0156. The molecule has 0 amide bonds. The summed E-state index contributed by atoms with van der Waals surface area (Å²) in [7, 11) is 4.03. The molecule has 1 rings (SSSR count). The summed E-state index contributed by atoms with van der Waals surface area (Å²) >= 11 is 0. The van der Waals surface area contributed by atoms with Crippen LogP contribution in [0.25, 0.3) is 0 Å². The monoisotopic (exact) mass is 266 g/mol. The molecule has 0 aliphatic carbocycles. The lowest BCUT2D eigenvalue weighted by Crippen LogP contribution is -2.39. The zero-order chi connectivity index (χ0) is 14.6. The molecular weight excluding hydrogens is 240 g/mol. The van der Waals surface area contributed by atoms with Crippen LogP contribution in [0.4, 0.5) is 11.6 Å². The third kappa shape index (κ3) is 4.35. The normalized spacial score (nSPS) is 11.5. The van der Waals surface area contributed by atoms with Crippen LogP contribution >= 0.6 is 0 Å². The van der Waals surface area contributed by atoms with E-state index in [1.807, 2.05) is 32.0 Å². The molecule has 1 aromatic rings. The van der Waals surface area contributed by atoms with Crippen LogP contribution in [0.15, 0.2) is 6.07 Å². The van der Waals surface area contributed by atoms with Gasteiger partial charge in [-0.3, -0.25) is 0 Å². The molecule has 0 radical (unpaired) electrons. The van der Waals surface area contributed by atoms with Crippen LogP contribution in [0.1, 0.15) is 33.0 Å². The molecule has 0 aliphatic rings. The molecule has 108 valence electrons. The van der Waals surface area contributed by atoms with Gasteiger partial charge in [-0.2, -0.15) is 0 Å². The van der Waals surface area contributed by atoms with Gasteiger partial charge in [0.25, 0.3) is 0 Å². The standard InChI is InChI=1S/C14H26N4O/c1-11-15-12(17(5)8-7-9-19)10-13(16-11)18(6)14(2,3)4/h10,19H,7-9H2,1-6H3. The maximum Gasteiger partial charge on any atom is 0.134 e. The first-order valence-corrected chi connectivity index (χ1v) is 6.67. The van der Waals surface area contributed by atoms with Gasteiger partial charge in [0.05, 0.1) is 0 Å². The van der Waals surface area contributed by atoms with Crippen LogP contribution in [0.3, 0.4) is 0 Å². The predicted octanol–water partition coefficient (Wildman–Crippen LogP) is 1.84. The van der Waals surface area contributed by atoms with Crippen LogP contribution in [0, 0.1) is 6.92 Å². The first-order valence-electron chi connectivity index (χ1n) is 6.67. The molecule has 0 saturated carbocycles. The number of aromatic nitrogens is 2. The molecule has 0 aromatic carbocycles. The Morgan fingerprint density at radius 2 is 1.74 bits per heavy atom. The second-order valence-corrected chi connectivity index (χ2v) is 5.86. The molecule has 0 spiro atoms. The Hall–Kier alpha value is -1.36. The van der Waals surface area contributed by atoms with Gasteiger partial charge in [-0.05, 0) is 34.1 Å². The number of aryl methyl sites for hydroxylation is 1. The van der Waals surface area contributed by atoms with E-state index >= 15 is 0 Å². The highest BCUT2D eigenvalue weighted by Gasteiger charge is 2.20. The summed E-state index contributed by atoms with van der Waals surface area (Å²) in [6.45, 7) is 9.34. The number of aliphatic hydroxyl groups excluding tert-OH is 1. The van der Waals surface area contributed by atoms with E-state index in [9.17, 15) is 0 Å². The highest BCUT2D eigenvalue weighted by molar-refractivity contribution is 5.51. The Kier molecular flexibility index (Phi) is 5.11. The van der Waals surface area contributed by atoms with Crippen LogP contribution in [0.2, 0.25) is 0 Å². The first kappa shape index (κ1) is 15.7. The highest BCUT2D eigenvalue weighted by Crippen LogP contribution is 2.23. The summed E-state index contributed by atoms with van der Waals surface area (Å²) in [4.78, 5) is 13.1. The Bertz CT molecular complexity index is 414. The molecule has 1 heterocycles. The number of hydrogen-bond donors (Lipinski definition) is 1. The topological polar surface area (TPSA) is 52.5 Å². The van der Waals surface area contributed by atoms with Crippen molar-refractivity contribution >= 4 is 11.6 Å². The van der Waals surface area contributed by atoms with Crippen molar-refractivity contribution in [1.29, 1.82) is 0 Å². The minimum atomic E-state index is 0.0156. The van der Waals surface area contributed by atoms with Gasteiger partial charge in [-0.1, -0.05) is 0 Å². The van der Waals surface area contributed by atoms with Crippen molar-refractivity contribution < 1.29 is 5.11 Å². The fourth-order valence-electron chi connectivity index (χ4n) is 1.67. The van der Waals surface area contributed by atoms with Crippen molar-refractivity contribution in [2.45, 2.75) is 39.7 Å². The first-order chi connectivity index (χ1) is 8.75. The Labute approximate surface area is 116 Å². The molecule has 0 bridgehead atoms. The van der Waals surface area contributed by atoms with Crippen molar-refractivity contribution in [3.05, 3.63) is 11.9 Å². The highest BCUT2D eigenvalue weighted by atomic mass is 16.3. The van der Waals surface area contributed by atoms with Gasteiger partial charge >= 0.3 is 0 Å². The molecule has 1 N–H and O–H groups in total. The Morgan fingerprint density at radius 1 is 1.16 bits per heavy atom. The van der Waals surface area contributed by atoms with Crippen molar-refractivity contribution in [2.24, 2.45) is 0 Å². The molecule has 0 atom stereocenters. The van der Waals surface area contributed by atoms with Gasteiger partial charge in [-0.25, -0.2) is 9.97 Å². The van der Waals surface area contributed by atoms with E-state index in [0.29, 0.717) is 0 Å². The van der Waals surface area contributed by atoms with E-state index in [2.05, 4.69) is 35.6 Å². The van der Waals surface area contributed by atoms with Crippen molar-refractivity contribution in [1.82, 2.24) is 9.97 Å². The van der Waals surface area contributed by atoms with Gasteiger partial charge in [-0.15, -0.1) is 0 Å². The summed E-state index contributed by atoms with van der Waals surface area (Å²) in [5, 5.41) is 8.90. The van der Waals surface area contributed by atoms with E-state index in [1.54, 1.807) is 0 Å². The Balaban J connectivity index is 3.00. The van der Waals surface area contributed by atoms with Gasteiger partial charge in [0.15, 0.2) is 0 Å². The maximum absolute atomic E-state index is 8.90. The van der Waals surface area contributed by atoms with E-state index in [4.69, 9.17) is 5.11 Å². The lowest BCUT2D eigenvalue weighted by Gasteiger charge is -2.33. The summed E-state index contributed by atoms with van der Waals surface area (Å²) in [5.74, 6) is 2.58. The minimum Gasteiger partial charge on any atom is -0.396 e. The Morgan fingerprint density at radius 3 is 2.26 bits per heavy atom. The molecule has 0 fully saturated rings. The number of nitrogens with zero attached hydrogens (tertiary/aromatic N) is 4. The number of anilines is 2. The third-order valence-corrected chi connectivity index (χ3v) is 3.20. The van der Waals surface area contributed by atoms with Gasteiger partial charge in [0.1, 0.15) is 17.5 Å². The summed E-state index contributed by atoms with van der Waals surface area (Å²) in [6, 6.07) is 2.00. The zero-order valence-corrected chi connectivity index (χ0v) is 12.9. The van der Waals surface area contributed by atoms with Crippen LogP contribution < -0.4 is 9.80 Å². The average Bonchev–Trinajstić information content (AvgIpc) is 2.33.